The van der Waals surface area contributed by atoms with Crippen molar-refractivity contribution in [3.8, 4) is 0 Å². The summed E-state index contributed by atoms with van der Waals surface area (Å²) in [4.78, 5) is 0. The van der Waals surface area contributed by atoms with E-state index in [1.807, 2.05) is 30.3 Å². The molecule has 0 amide bonds. The zero-order valence-corrected chi connectivity index (χ0v) is 8.24. The van der Waals surface area contributed by atoms with E-state index in [1.54, 1.807) is 0 Å². The minimum atomic E-state index is -2.31. The molecule has 0 aliphatic rings. The molecule has 0 aliphatic heterocycles. The van der Waals surface area contributed by atoms with Crippen LogP contribution in [0.4, 0.5) is 0 Å². The van der Waals surface area contributed by atoms with Gasteiger partial charge in [0.05, 0.1) is 5.75 Å². The Kier molecular flexibility index (Phi) is 3.96. The van der Waals surface area contributed by atoms with Gasteiger partial charge in [-0.2, -0.15) is 0 Å². The SMILES string of the molecule is [CH2]CC(C[SH](=O)=O)c1ccccc1. The maximum absolute atomic E-state index is 10.6. The molecule has 3 heteroatoms. The van der Waals surface area contributed by atoms with Gasteiger partial charge in [0, 0.05) is 0 Å². The highest BCUT2D eigenvalue weighted by molar-refractivity contribution is 7.72. The van der Waals surface area contributed by atoms with Crippen molar-refractivity contribution in [2.24, 2.45) is 0 Å². The van der Waals surface area contributed by atoms with Gasteiger partial charge in [-0.3, -0.25) is 0 Å². The Morgan fingerprint density at radius 3 is 2.31 bits per heavy atom. The molecule has 1 atom stereocenters. The number of thiol groups is 1. The van der Waals surface area contributed by atoms with Gasteiger partial charge >= 0.3 is 0 Å². The summed E-state index contributed by atoms with van der Waals surface area (Å²) in [6.45, 7) is 3.75. The molecule has 0 aliphatic carbocycles. The fraction of sp³-hybridized carbons (Fsp3) is 0.300. The molecule has 2 nitrogen and oxygen atoms in total. The van der Waals surface area contributed by atoms with Crippen LogP contribution >= 0.6 is 0 Å². The zero-order valence-electron chi connectivity index (χ0n) is 7.35. The molecule has 0 bridgehead atoms. The number of hydrogen-bond donors (Lipinski definition) is 1. The first-order valence-corrected chi connectivity index (χ1v) is 5.56. The van der Waals surface area contributed by atoms with E-state index in [0.717, 1.165) is 5.56 Å². The normalized spacial score (nSPS) is 13.1. The van der Waals surface area contributed by atoms with Gasteiger partial charge in [-0.05, 0) is 17.9 Å². The quantitative estimate of drug-likeness (QED) is 0.744. The van der Waals surface area contributed by atoms with Crippen LogP contribution in [0.3, 0.4) is 0 Å². The second kappa shape index (κ2) is 5.02. The van der Waals surface area contributed by atoms with Crippen LogP contribution in [0.5, 0.6) is 0 Å². The summed E-state index contributed by atoms with van der Waals surface area (Å²) in [5, 5.41) is 0. The molecule has 1 aromatic rings. The Morgan fingerprint density at radius 1 is 1.23 bits per heavy atom. The van der Waals surface area contributed by atoms with Crippen molar-refractivity contribution < 1.29 is 8.42 Å². The summed E-state index contributed by atoms with van der Waals surface area (Å²) in [7, 11) is -2.31. The van der Waals surface area contributed by atoms with Crippen molar-refractivity contribution >= 4 is 10.7 Å². The minimum Gasteiger partial charge on any atom is -0.232 e. The molecule has 1 unspecified atom stereocenters. The molecular weight excluding hydrogens is 184 g/mol. The van der Waals surface area contributed by atoms with Crippen LogP contribution in [-0.2, 0) is 10.7 Å². The molecule has 0 fully saturated rings. The summed E-state index contributed by atoms with van der Waals surface area (Å²) >= 11 is 0. The number of benzene rings is 1. The molecule has 1 rings (SSSR count). The van der Waals surface area contributed by atoms with Crippen LogP contribution in [-0.4, -0.2) is 14.2 Å². The first kappa shape index (κ1) is 10.3. The predicted octanol–water partition coefficient (Wildman–Crippen LogP) is 1.61. The lowest BCUT2D eigenvalue weighted by Crippen LogP contribution is -2.04. The Balaban J connectivity index is 2.78. The van der Waals surface area contributed by atoms with Gasteiger partial charge in [-0.15, -0.1) is 0 Å². The summed E-state index contributed by atoms with van der Waals surface area (Å²) in [5.74, 6) is 0.241. The lowest BCUT2D eigenvalue weighted by molar-refractivity contribution is 0.606. The Morgan fingerprint density at radius 2 is 1.85 bits per heavy atom. The van der Waals surface area contributed by atoms with Gasteiger partial charge in [-0.25, -0.2) is 8.42 Å². The molecule has 1 radical (unpaired) electrons. The van der Waals surface area contributed by atoms with Crippen molar-refractivity contribution in [3.63, 3.8) is 0 Å². The fourth-order valence-corrected chi connectivity index (χ4v) is 2.02. The van der Waals surface area contributed by atoms with E-state index in [-0.39, 0.29) is 11.7 Å². The number of hydrogen-bond acceptors (Lipinski definition) is 2. The fourth-order valence-electron chi connectivity index (χ4n) is 1.27. The summed E-state index contributed by atoms with van der Waals surface area (Å²) in [6, 6.07) is 9.62. The molecular formula is C10H13O2S. The van der Waals surface area contributed by atoms with Crippen LogP contribution in [0.2, 0.25) is 0 Å². The maximum Gasteiger partial charge on any atom is 0.140 e. The van der Waals surface area contributed by atoms with Gasteiger partial charge in [0.25, 0.3) is 0 Å². The lowest BCUT2D eigenvalue weighted by Gasteiger charge is -2.10. The Bertz CT molecular complexity index is 309. The van der Waals surface area contributed by atoms with Crippen molar-refractivity contribution in [2.45, 2.75) is 12.3 Å². The van der Waals surface area contributed by atoms with Crippen LogP contribution in [0.15, 0.2) is 30.3 Å². The van der Waals surface area contributed by atoms with Gasteiger partial charge in [-0.1, -0.05) is 37.3 Å². The van der Waals surface area contributed by atoms with Crippen molar-refractivity contribution in [1.82, 2.24) is 0 Å². The highest BCUT2D eigenvalue weighted by atomic mass is 32.2. The third-order valence-electron chi connectivity index (χ3n) is 1.99. The van der Waals surface area contributed by atoms with E-state index < -0.39 is 10.7 Å². The van der Waals surface area contributed by atoms with Crippen molar-refractivity contribution in [1.29, 1.82) is 0 Å². The van der Waals surface area contributed by atoms with E-state index in [0.29, 0.717) is 6.42 Å². The second-order valence-electron chi connectivity index (χ2n) is 2.91. The Hall–Kier alpha value is -0.830. The van der Waals surface area contributed by atoms with Crippen LogP contribution in [0.25, 0.3) is 0 Å². The molecule has 0 saturated heterocycles. The third kappa shape index (κ3) is 3.19. The first-order chi connectivity index (χ1) is 6.24. The molecule has 0 aromatic heterocycles. The predicted molar refractivity (Wildman–Crippen MR) is 54.3 cm³/mol. The molecule has 1 aromatic carbocycles. The third-order valence-corrected chi connectivity index (χ3v) is 2.73. The first-order valence-electron chi connectivity index (χ1n) is 4.20. The summed E-state index contributed by atoms with van der Waals surface area (Å²) in [6.07, 6.45) is 0.618. The Labute approximate surface area is 80.5 Å². The topological polar surface area (TPSA) is 34.1 Å². The van der Waals surface area contributed by atoms with Gasteiger partial charge in [0.2, 0.25) is 0 Å². The van der Waals surface area contributed by atoms with E-state index in [9.17, 15) is 8.42 Å². The molecule has 0 N–H and O–H groups in total. The minimum absolute atomic E-state index is 0.0438. The van der Waals surface area contributed by atoms with Gasteiger partial charge < -0.3 is 0 Å². The summed E-state index contributed by atoms with van der Waals surface area (Å²) in [5.41, 5.74) is 1.05. The smallest absolute Gasteiger partial charge is 0.140 e. The van der Waals surface area contributed by atoms with E-state index in [4.69, 9.17) is 0 Å². The zero-order chi connectivity index (χ0) is 9.68. The second-order valence-corrected chi connectivity index (χ2v) is 3.94. The average molecular weight is 197 g/mol. The monoisotopic (exact) mass is 197 g/mol. The molecule has 13 heavy (non-hydrogen) atoms. The van der Waals surface area contributed by atoms with Gasteiger partial charge in [0.1, 0.15) is 10.7 Å². The molecule has 0 saturated carbocycles. The van der Waals surface area contributed by atoms with E-state index >= 15 is 0 Å². The lowest BCUT2D eigenvalue weighted by atomic mass is 9.99. The van der Waals surface area contributed by atoms with Gasteiger partial charge in [0.15, 0.2) is 0 Å². The van der Waals surface area contributed by atoms with Crippen LogP contribution in [0, 0.1) is 6.92 Å². The summed E-state index contributed by atoms with van der Waals surface area (Å²) < 4.78 is 21.1. The number of rotatable bonds is 4. The average Bonchev–Trinajstić information content (AvgIpc) is 2.15. The highest BCUT2D eigenvalue weighted by Gasteiger charge is 2.09. The standard InChI is InChI=1S/C10H13O2S/c1-2-9(8-13(11)12)10-6-4-3-5-7-10/h3-7,9,13H,1-2,8H2. The molecule has 0 heterocycles. The largest absolute Gasteiger partial charge is 0.232 e. The van der Waals surface area contributed by atoms with Crippen LogP contribution in [0.1, 0.15) is 17.9 Å². The van der Waals surface area contributed by atoms with E-state index in [2.05, 4.69) is 6.92 Å². The van der Waals surface area contributed by atoms with Crippen LogP contribution < -0.4 is 0 Å². The maximum atomic E-state index is 10.6. The highest BCUT2D eigenvalue weighted by Crippen LogP contribution is 2.18. The molecule has 71 valence electrons. The molecule has 0 spiro atoms. The van der Waals surface area contributed by atoms with E-state index in [1.165, 1.54) is 0 Å². The van der Waals surface area contributed by atoms with Crippen molar-refractivity contribution in [3.05, 3.63) is 42.8 Å². The van der Waals surface area contributed by atoms with Crippen molar-refractivity contribution in [2.75, 3.05) is 5.75 Å².